The second-order valence-corrected chi connectivity index (χ2v) is 7.54. The number of halogens is 4. The van der Waals surface area contributed by atoms with Crippen molar-refractivity contribution in [3.05, 3.63) is 18.2 Å². The van der Waals surface area contributed by atoms with Crippen LogP contribution in [-0.4, -0.2) is 77.1 Å². The molecule has 162 valence electrons. The van der Waals surface area contributed by atoms with Gasteiger partial charge < -0.3 is 14.7 Å². The highest BCUT2D eigenvalue weighted by Gasteiger charge is 2.41. The van der Waals surface area contributed by atoms with Crippen molar-refractivity contribution in [3.8, 4) is 0 Å². The number of hydrogen-bond acceptors (Lipinski definition) is 6. The molecule has 2 atom stereocenters. The number of hydrogen-bond donors (Lipinski definition) is 1. The van der Waals surface area contributed by atoms with Crippen LogP contribution >= 0.6 is 0 Å². The van der Waals surface area contributed by atoms with Crippen LogP contribution in [0.3, 0.4) is 0 Å². The number of ether oxygens (including phenoxy) is 1. The first-order chi connectivity index (χ1) is 13.7. The van der Waals surface area contributed by atoms with Crippen LogP contribution < -0.4 is 4.90 Å². The predicted octanol–water partition coefficient (Wildman–Crippen LogP) is 2.33. The van der Waals surface area contributed by atoms with E-state index >= 15 is 0 Å². The van der Waals surface area contributed by atoms with Gasteiger partial charge in [-0.15, -0.1) is 0 Å². The van der Waals surface area contributed by atoms with Crippen LogP contribution in [0.5, 0.6) is 0 Å². The summed E-state index contributed by atoms with van der Waals surface area (Å²) in [5, 5.41) is 7.12. The molecule has 0 aromatic carbocycles. The molecule has 3 aliphatic rings. The van der Waals surface area contributed by atoms with Crippen LogP contribution in [0.2, 0.25) is 0 Å². The molecule has 1 N–H and O–H groups in total. The molecule has 11 heteroatoms. The van der Waals surface area contributed by atoms with Gasteiger partial charge in [-0.1, -0.05) is 12.8 Å². The van der Waals surface area contributed by atoms with Crippen molar-refractivity contribution >= 4 is 11.9 Å². The second kappa shape index (κ2) is 9.21. The number of anilines is 1. The molecule has 2 aliphatic heterocycles. The van der Waals surface area contributed by atoms with E-state index in [0.29, 0.717) is 18.6 Å². The number of morpholine rings is 1. The fourth-order valence-electron chi connectivity index (χ4n) is 4.17. The zero-order valence-corrected chi connectivity index (χ0v) is 15.8. The Morgan fingerprint density at radius 2 is 1.83 bits per heavy atom. The minimum atomic E-state index is -5.08. The molecule has 0 bridgehead atoms. The van der Waals surface area contributed by atoms with Gasteiger partial charge in [-0.25, -0.2) is 19.2 Å². The Morgan fingerprint density at radius 1 is 1.21 bits per heavy atom. The predicted molar refractivity (Wildman–Crippen MR) is 95.0 cm³/mol. The largest absolute Gasteiger partial charge is 0.490 e. The van der Waals surface area contributed by atoms with Crippen LogP contribution in [0.25, 0.3) is 0 Å². The Balaban J connectivity index is 0.000000298. The van der Waals surface area contributed by atoms with Crippen LogP contribution in [0.15, 0.2) is 12.4 Å². The molecule has 4 rings (SSSR count). The number of likely N-dealkylation sites (tertiary alicyclic amines) is 1. The number of fused-ring (bicyclic) bond motifs is 1. The quantitative estimate of drug-likeness (QED) is 0.752. The summed E-state index contributed by atoms with van der Waals surface area (Å²) in [4.78, 5) is 21.9. The van der Waals surface area contributed by atoms with Gasteiger partial charge in [0.05, 0.1) is 31.1 Å². The van der Waals surface area contributed by atoms with Gasteiger partial charge in [-0.3, -0.25) is 4.90 Å². The molecule has 0 amide bonds. The first-order valence-electron chi connectivity index (χ1n) is 9.62. The lowest BCUT2D eigenvalue weighted by Crippen LogP contribution is -2.51. The minimum Gasteiger partial charge on any atom is -0.475 e. The highest BCUT2D eigenvalue weighted by molar-refractivity contribution is 5.73. The van der Waals surface area contributed by atoms with Crippen LogP contribution in [-0.2, 0) is 9.53 Å². The van der Waals surface area contributed by atoms with E-state index in [1.54, 1.807) is 0 Å². The van der Waals surface area contributed by atoms with Crippen LogP contribution in [0.4, 0.5) is 23.5 Å². The van der Waals surface area contributed by atoms with E-state index in [-0.39, 0.29) is 11.9 Å². The van der Waals surface area contributed by atoms with Crippen molar-refractivity contribution in [2.24, 2.45) is 5.92 Å². The van der Waals surface area contributed by atoms with E-state index < -0.39 is 12.1 Å². The molecule has 2 saturated heterocycles. The number of nitrogens with zero attached hydrogens (tertiary/aromatic N) is 4. The van der Waals surface area contributed by atoms with E-state index in [0.717, 1.165) is 25.6 Å². The maximum atomic E-state index is 13.0. The molecule has 0 spiro atoms. The molecule has 3 fully saturated rings. The van der Waals surface area contributed by atoms with E-state index in [1.807, 2.05) is 0 Å². The number of carbonyl (C=O) groups is 1. The Morgan fingerprint density at radius 3 is 2.41 bits per heavy atom. The Bertz CT molecular complexity index is 683. The summed E-state index contributed by atoms with van der Waals surface area (Å²) >= 11 is 0. The molecule has 1 saturated carbocycles. The Labute approximate surface area is 165 Å². The second-order valence-electron chi connectivity index (χ2n) is 7.54. The third kappa shape index (κ3) is 5.75. The van der Waals surface area contributed by atoms with Gasteiger partial charge in [0.25, 0.3) is 0 Å². The van der Waals surface area contributed by atoms with Gasteiger partial charge >= 0.3 is 12.1 Å². The lowest BCUT2D eigenvalue weighted by Gasteiger charge is -2.36. The molecular formula is C18H24F4N4O3. The highest BCUT2D eigenvalue weighted by Crippen LogP contribution is 2.30. The lowest BCUT2D eigenvalue weighted by molar-refractivity contribution is -0.192. The smallest absolute Gasteiger partial charge is 0.475 e. The third-order valence-corrected chi connectivity index (χ3v) is 5.47. The average Bonchev–Trinajstić information content (AvgIpc) is 3.31. The van der Waals surface area contributed by atoms with E-state index in [4.69, 9.17) is 14.6 Å². The number of alkyl halides is 3. The number of carboxylic acid groups (broad SMARTS) is 1. The minimum absolute atomic E-state index is 0.226. The van der Waals surface area contributed by atoms with Crippen molar-refractivity contribution in [3.63, 3.8) is 0 Å². The molecule has 0 unspecified atom stereocenters. The van der Waals surface area contributed by atoms with Crippen molar-refractivity contribution in [1.82, 2.24) is 14.9 Å². The summed E-state index contributed by atoms with van der Waals surface area (Å²) in [6, 6.07) is 0.292. The normalized spacial score (nSPS) is 25.4. The topological polar surface area (TPSA) is 78.8 Å². The molecule has 3 heterocycles. The van der Waals surface area contributed by atoms with E-state index in [2.05, 4.69) is 19.8 Å². The zero-order chi connectivity index (χ0) is 21.0. The maximum absolute atomic E-state index is 13.0. The first-order valence-corrected chi connectivity index (χ1v) is 9.62. The fraction of sp³-hybridized carbons (Fsp3) is 0.722. The van der Waals surface area contributed by atoms with Gasteiger partial charge in [0.1, 0.15) is 0 Å². The summed E-state index contributed by atoms with van der Waals surface area (Å²) in [7, 11) is 0. The fourth-order valence-corrected chi connectivity index (χ4v) is 4.17. The summed E-state index contributed by atoms with van der Waals surface area (Å²) in [5.74, 6) is -1.66. The number of carboxylic acids is 1. The molecule has 1 aliphatic carbocycles. The van der Waals surface area contributed by atoms with Gasteiger partial charge in [-0.05, 0) is 18.8 Å². The number of rotatable bonds is 3. The Hall–Kier alpha value is -2.01. The molecular weight excluding hydrogens is 396 g/mol. The summed E-state index contributed by atoms with van der Waals surface area (Å²) in [6.07, 6.45) is 3.16. The van der Waals surface area contributed by atoms with Crippen LogP contribution in [0, 0.1) is 11.7 Å². The van der Waals surface area contributed by atoms with Crippen LogP contribution in [0.1, 0.15) is 25.7 Å². The summed E-state index contributed by atoms with van der Waals surface area (Å²) in [5.41, 5.74) is 0. The SMILES string of the molecule is Fc1cnc(N2CCO[C@H]3CN(CC4CCCC4)C[C@H]32)nc1.O=C(O)C(F)(F)F. The zero-order valence-electron chi connectivity index (χ0n) is 15.8. The summed E-state index contributed by atoms with van der Waals surface area (Å²) in [6.45, 7) is 4.67. The molecule has 1 aromatic rings. The van der Waals surface area contributed by atoms with Gasteiger partial charge in [0.2, 0.25) is 5.95 Å². The molecule has 0 radical (unpaired) electrons. The lowest BCUT2D eigenvalue weighted by atomic mass is 10.1. The summed E-state index contributed by atoms with van der Waals surface area (Å²) < 4.78 is 50.7. The van der Waals surface area contributed by atoms with Crippen molar-refractivity contribution in [2.45, 2.75) is 44.0 Å². The monoisotopic (exact) mass is 420 g/mol. The van der Waals surface area contributed by atoms with Crippen molar-refractivity contribution in [1.29, 1.82) is 0 Å². The molecule has 7 nitrogen and oxygen atoms in total. The van der Waals surface area contributed by atoms with Gasteiger partial charge in [-0.2, -0.15) is 13.2 Å². The molecule has 29 heavy (non-hydrogen) atoms. The third-order valence-electron chi connectivity index (χ3n) is 5.47. The first kappa shape index (κ1) is 21.7. The average molecular weight is 420 g/mol. The molecule has 1 aromatic heterocycles. The Kier molecular flexibility index (Phi) is 6.89. The standard InChI is InChI=1S/C16H23FN4O.C2HF3O2/c17-13-7-18-16(19-8-13)21-5-6-22-15-11-20(10-14(15)21)9-12-3-1-2-4-12;3-2(4,5)1(6)7/h7-8,12,14-15H,1-6,9-11H2;(H,6,7)/t14-,15+;/m1./s1. The van der Waals surface area contributed by atoms with E-state index in [1.165, 1.54) is 44.6 Å². The van der Waals surface area contributed by atoms with Crippen molar-refractivity contribution in [2.75, 3.05) is 37.7 Å². The number of aromatic nitrogens is 2. The van der Waals surface area contributed by atoms with Crippen molar-refractivity contribution < 1.29 is 32.2 Å². The maximum Gasteiger partial charge on any atom is 0.490 e. The number of aliphatic carboxylic acids is 1. The van der Waals surface area contributed by atoms with Gasteiger partial charge in [0.15, 0.2) is 5.82 Å². The van der Waals surface area contributed by atoms with E-state index in [9.17, 15) is 17.6 Å². The highest BCUT2D eigenvalue weighted by atomic mass is 19.4. The van der Waals surface area contributed by atoms with Gasteiger partial charge in [0, 0.05) is 26.2 Å².